The van der Waals surface area contributed by atoms with Crippen molar-refractivity contribution in [2.75, 3.05) is 25.6 Å². The summed E-state index contributed by atoms with van der Waals surface area (Å²) < 4.78 is 31.5. The molecular weight excluding hydrogens is 333 g/mol. The molecule has 0 spiro atoms. The minimum absolute atomic E-state index is 0.0478. The molecule has 0 amide bonds. The van der Waals surface area contributed by atoms with Gasteiger partial charge >= 0.3 is 0 Å². The molecule has 0 saturated carbocycles. The number of hydrogen-bond acceptors (Lipinski definition) is 3. The van der Waals surface area contributed by atoms with Crippen molar-refractivity contribution in [1.82, 2.24) is 4.72 Å². The van der Waals surface area contributed by atoms with Crippen LogP contribution in [0.2, 0.25) is 10.0 Å². The van der Waals surface area contributed by atoms with Gasteiger partial charge in [-0.1, -0.05) is 23.2 Å². The first-order valence-corrected chi connectivity index (χ1v) is 8.32. The fourth-order valence-corrected chi connectivity index (χ4v) is 3.21. The molecule has 0 radical (unpaired) electrons. The van der Waals surface area contributed by atoms with Gasteiger partial charge in [0.25, 0.3) is 0 Å². The van der Waals surface area contributed by atoms with E-state index in [0.29, 0.717) is 25.5 Å². The van der Waals surface area contributed by atoms with Gasteiger partial charge in [-0.05, 0) is 24.6 Å². The number of ether oxygens (including phenoxy) is 1. The smallest absolute Gasteiger partial charge is 0.240 e. The zero-order valence-corrected chi connectivity index (χ0v) is 13.1. The topological polar surface area (TPSA) is 55.4 Å². The van der Waals surface area contributed by atoms with Gasteiger partial charge in [-0.15, -0.1) is 11.6 Å². The Hall–Kier alpha value is -0.0400. The van der Waals surface area contributed by atoms with Crippen LogP contribution in [0.25, 0.3) is 0 Å². The van der Waals surface area contributed by atoms with Crippen molar-refractivity contribution in [2.45, 2.75) is 11.3 Å². The second kappa shape index (κ2) is 8.29. The summed E-state index contributed by atoms with van der Waals surface area (Å²) in [5.74, 6) is 0.423. The Kier molecular flexibility index (Phi) is 7.42. The van der Waals surface area contributed by atoms with E-state index in [1.165, 1.54) is 18.2 Å². The van der Waals surface area contributed by atoms with Crippen LogP contribution in [0.1, 0.15) is 6.42 Å². The van der Waals surface area contributed by atoms with Crippen molar-refractivity contribution in [3.63, 3.8) is 0 Å². The molecule has 0 aliphatic rings. The quantitative estimate of drug-likeness (QED) is 0.581. The molecule has 0 unspecified atom stereocenters. The Morgan fingerprint density at radius 1 is 1.11 bits per heavy atom. The van der Waals surface area contributed by atoms with Crippen LogP contribution in [-0.4, -0.2) is 34.1 Å². The monoisotopic (exact) mass is 345 g/mol. The SMILES string of the molecule is O=S(=O)(NCCCOCCCl)c1cc(Cl)cc(Cl)c1. The molecular formula is C11H14Cl3NO3S. The summed E-state index contributed by atoms with van der Waals surface area (Å²) in [4.78, 5) is 0.0478. The van der Waals surface area contributed by atoms with E-state index < -0.39 is 10.0 Å². The molecule has 0 aliphatic carbocycles. The van der Waals surface area contributed by atoms with E-state index in [-0.39, 0.29) is 21.5 Å². The Labute approximate surface area is 128 Å². The van der Waals surface area contributed by atoms with Crippen molar-refractivity contribution in [3.8, 4) is 0 Å². The lowest BCUT2D eigenvalue weighted by molar-refractivity contribution is 0.147. The third-order valence-corrected chi connectivity index (χ3v) is 4.16. The van der Waals surface area contributed by atoms with E-state index in [1.54, 1.807) is 0 Å². The van der Waals surface area contributed by atoms with Gasteiger partial charge in [0, 0.05) is 29.1 Å². The lowest BCUT2D eigenvalue weighted by Crippen LogP contribution is -2.25. The van der Waals surface area contributed by atoms with E-state index in [9.17, 15) is 8.42 Å². The minimum atomic E-state index is -3.60. The molecule has 0 heterocycles. The Morgan fingerprint density at radius 3 is 2.32 bits per heavy atom. The van der Waals surface area contributed by atoms with Crippen LogP contribution in [0.15, 0.2) is 23.1 Å². The van der Waals surface area contributed by atoms with Gasteiger partial charge < -0.3 is 4.74 Å². The highest BCUT2D eigenvalue weighted by Crippen LogP contribution is 2.22. The molecule has 8 heteroatoms. The molecule has 1 N–H and O–H groups in total. The van der Waals surface area contributed by atoms with E-state index in [4.69, 9.17) is 39.5 Å². The standard InChI is InChI=1S/C11H14Cl3NO3S/c12-2-5-18-4-1-3-15-19(16,17)11-7-9(13)6-10(14)8-11/h6-8,15H,1-5H2. The summed E-state index contributed by atoms with van der Waals surface area (Å²) >= 11 is 17.0. The molecule has 19 heavy (non-hydrogen) atoms. The molecule has 0 bridgehead atoms. The number of sulfonamides is 1. The zero-order valence-electron chi connectivity index (χ0n) is 10.0. The van der Waals surface area contributed by atoms with E-state index in [0.717, 1.165) is 0 Å². The van der Waals surface area contributed by atoms with Gasteiger partial charge in [-0.3, -0.25) is 0 Å². The summed E-state index contributed by atoms with van der Waals surface area (Å²) in [6, 6.07) is 4.17. The molecule has 1 aromatic carbocycles. The predicted octanol–water partition coefficient (Wildman–Crippen LogP) is 2.92. The van der Waals surface area contributed by atoms with Gasteiger partial charge in [-0.25, -0.2) is 13.1 Å². The molecule has 0 aliphatic heterocycles. The fraction of sp³-hybridized carbons (Fsp3) is 0.455. The third kappa shape index (κ3) is 6.29. The second-order valence-electron chi connectivity index (χ2n) is 3.66. The van der Waals surface area contributed by atoms with Gasteiger partial charge in [0.2, 0.25) is 10.0 Å². The molecule has 1 rings (SSSR count). The first-order valence-electron chi connectivity index (χ1n) is 5.55. The number of rotatable bonds is 8. The Balaban J connectivity index is 2.51. The van der Waals surface area contributed by atoms with Gasteiger partial charge in [0.15, 0.2) is 0 Å². The normalized spacial score (nSPS) is 11.7. The minimum Gasteiger partial charge on any atom is -0.380 e. The average molecular weight is 347 g/mol. The zero-order chi connectivity index (χ0) is 14.3. The van der Waals surface area contributed by atoms with Crippen LogP contribution in [-0.2, 0) is 14.8 Å². The molecule has 0 atom stereocenters. The van der Waals surface area contributed by atoms with Gasteiger partial charge in [0.05, 0.1) is 11.5 Å². The summed E-state index contributed by atoms with van der Waals surface area (Å²) in [6.45, 7) is 1.18. The van der Waals surface area contributed by atoms with Crippen molar-refractivity contribution in [2.24, 2.45) is 0 Å². The van der Waals surface area contributed by atoms with Crippen LogP contribution in [0.5, 0.6) is 0 Å². The molecule has 0 aromatic heterocycles. The number of hydrogen-bond donors (Lipinski definition) is 1. The van der Waals surface area contributed by atoms with Crippen molar-refractivity contribution < 1.29 is 13.2 Å². The van der Waals surface area contributed by atoms with Crippen LogP contribution in [0.3, 0.4) is 0 Å². The number of benzene rings is 1. The average Bonchev–Trinajstić information content (AvgIpc) is 2.32. The highest BCUT2D eigenvalue weighted by molar-refractivity contribution is 7.89. The largest absolute Gasteiger partial charge is 0.380 e. The molecule has 108 valence electrons. The van der Waals surface area contributed by atoms with Gasteiger partial charge in [0.1, 0.15) is 0 Å². The summed E-state index contributed by atoms with van der Waals surface area (Å²) in [5, 5.41) is 0.552. The Morgan fingerprint density at radius 2 is 1.74 bits per heavy atom. The first-order chi connectivity index (χ1) is 8.95. The summed E-state index contributed by atoms with van der Waals surface area (Å²) in [7, 11) is -3.60. The van der Waals surface area contributed by atoms with Crippen LogP contribution in [0, 0.1) is 0 Å². The molecule has 0 saturated heterocycles. The van der Waals surface area contributed by atoms with E-state index in [1.807, 2.05) is 0 Å². The van der Waals surface area contributed by atoms with E-state index in [2.05, 4.69) is 4.72 Å². The predicted molar refractivity (Wildman–Crippen MR) is 77.8 cm³/mol. The molecule has 4 nitrogen and oxygen atoms in total. The lowest BCUT2D eigenvalue weighted by atomic mass is 10.4. The van der Waals surface area contributed by atoms with Crippen molar-refractivity contribution in [3.05, 3.63) is 28.2 Å². The maximum Gasteiger partial charge on any atom is 0.240 e. The second-order valence-corrected chi connectivity index (χ2v) is 6.68. The molecule has 0 fully saturated rings. The van der Waals surface area contributed by atoms with Crippen molar-refractivity contribution in [1.29, 1.82) is 0 Å². The first kappa shape index (κ1) is 17.0. The maximum atomic E-state index is 11.9. The van der Waals surface area contributed by atoms with E-state index >= 15 is 0 Å². The summed E-state index contributed by atoms with van der Waals surface area (Å²) in [6.07, 6.45) is 0.560. The number of nitrogens with one attached hydrogen (secondary N) is 1. The number of alkyl halides is 1. The van der Waals surface area contributed by atoms with Gasteiger partial charge in [-0.2, -0.15) is 0 Å². The third-order valence-electron chi connectivity index (χ3n) is 2.13. The Bertz CT molecular complexity index is 488. The highest BCUT2D eigenvalue weighted by atomic mass is 35.5. The highest BCUT2D eigenvalue weighted by Gasteiger charge is 2.14. The van der Waals surface area contributed by atoms with Crippen LogP contribution >= 0.6 is 34.8 Å². The maximum absolute atomic E-state index is 11.9. The summed E-state index contributed by atoms with van der Waals surface area (Å²) in [5.41, 5.74) is 0. The fourth-order valence-electron chi connectivity index (χ4n) is 1.30. The molecule has 1 aromatic rings. The van der Waals surface area contributed by atoms with Crippen LogP contribution < -0.4 is 4.72 Å². The lowest BCUT2D eigenvalue weighted by Gasteiger charge is -2.07. The number of halogens is 3. The van der Waals surface area contributed by atoms with Crippen molar-refractivity contribution >= 4 is 44.8 Å². The van der Waals surface area contributed by atoms with Crippen LogP contribution in [0.4, 0.5) is 0 Å².